The van der Waals surface area contributed by atoms with Crippen molar-refractivity contribution in [3.8, 4) is 0 Å². The molecule has 19 heavy (non-hydrogen) atoms. The van der Waals surface area contributed by atoms with Crippen LogP contribution < -0.4 is 5.76 Å². The molecule has 0 aliphatic carbocycles. The van der Waals surface area contributed by atoms with Gasteiger partial charge in [-0.15, -0.1) is 0 Å². The van der Waals surface area contributed by atoms with Crippen molar-refractivity contribution < 1.29 is 14.6 Å². The number of hydrogen-bond acceptors (Lipinski definition) is 5. The van der Waals surface area contributed by atoms with Gasteiger partial charge in [0.2, 0.25) is 0 Å². The van der Waals surface area contributed by atoms with E-state index in [0.29, 0.717) is 31.8 Å². The number of aliphatic hydroxyl groups is 2. The summed E-state index contributed by atoms with van der Waals surface area (Å²) >= 11 is 0. The minimum absolute atomic E-state index is 0.374. The van der Waals surface area contributed by atoms with Gasteiger partial charge in [0.05, 0.1) is 17.7 Å². The Morgan fingerprint density at radius 1 is 1.16 bits per heavy atom. The zero-order chi connectivity index (χ0) is 13.4. The number of β-amino-alcohol motifs (C(OH)–C–C–N with tert-alkyl or cyclic N) is 2. The molecule has 6 heteroatoms. The van der Waals surface area contributed by atoms with E-state index in [4.69, 9.17) is 4.42 Å². The Bertz CT molecular complexity index is 623. The number of para-hydroxylation sites is 2. The first-order chi connectivity index (χ1) is 9.15. The molecule has 102 valence electrons. The van der Waals surface area contributed by atoms with Crippen LogP contribution in [-0.2, 0) is 6.54 Å². The van der Waals surface area contributed by atoms with Crippen molar-refractivity contribution in [3.63, 3.8) is 0 Å². The van der Waals surface area contributed by atoms with Gasteiger partial charge in [0.1, 0.15) is 0 Å². The molecular weight excluding hydrogens is 248 g/mol. The fourth-order valence-electron chi connectivity index (χ4n) is 2.50. The van der Waals surface area contributed by atoms with E-state index in [9.17, 15) is 15.0 Å². The van der Waals surface area contributed by atoms with Crippen LogP contribution in [0.4, 0.5) is 0 Å². The first kappa shape index (κ1) is 12.4. The summed E-state index contributed by atoms with van der Waals surface area (Å²) in [5.41, 5.74) is 1.35. The standard InChI is InChI=1S/C13H16N2O4/c16-10-7-14(8-11(10)17)5-6-15-9-3-1-2-4-12(9)19-13(15)18/h1-4,10-11,16-17H,5-8H2. The van der Waals surface area contributed by atoms with Crippen LogP contribution in [0.3, 0.4) is 0 Å². The van der Waals surface area contributed by atoms with E-state index >= 15 is 0 Å². The average molecular weight is 264 g/mol. The molecule has 0 bridgehead atoms. The number of aliphatic hydroxyl groups excluding tert-OH is 2. The maximum atomic E-state index is 11.8. The number of rotatable bonds is 3. The summed E-state index contributed by atoms with van der Waals surface area (Å²) in [7, 11) is 0. The highest BCUT2D eigenvalue weighted by atomic mass is 16.4. The lowest BCUT2D eigenvalue weighted by Gasteiger charge is -2.14. The van der Waals surface area contributed by atoms with E-state index in [2.05, 4.69) is 0 Å². The van der Waals surface area contributed by atoms with Crippen LogP contribution in [0.25, 0.3) is 11.1 Å². The van der Waals surface area contributed by atoms with Crippen LogP contribution in [0.15, 0.2) is 33.5 Å². The van der Waals surface area contributed by atoms with E-state index in [-0.39, 0.29) is 5.76 Å². The SMILES string of the molecule is O=c1oc2ccccc2n1CCN1CC(O)C(O)C1. The molecule has 0 amide bonds. The van der Waals surface area contributed by atoms with Gasteiger partial charge in [-0.2, -0.15) is 0 Å². The van der Waals surface area contributed by atoms with E-state index in [0.717, 1.165) is 5.52 Å². The molecule has 2 N–H and O–H groups in total. The second kappa shape index (κ2) is 4.80. The molecule has 2 atom stereocenters. The van der Waals surface area contributed by atoms with Gasteiger partial charge in [0.15, 0.2) is 5.58 Å². The number of nitrogens with zero attached hydrogens (tertiary/aromatic N) is 2. The Balaban J connectivity index is 1.76. The third-order valence-corrected chi connectivity index (χ3v) is 3.55. The van der Waals surface area contributed by atoms with Crippen molar-refractivity contribution in [2.45, 2.75) is 18.8 Å². The summed E-state index contributed by atoms with van der Waals surface area (Å²) in [5, 5.41) is 18.9. The lowest BCUT2D eigenvalue weighted by atomic mass is 10.3. The molecule has 1 saturated heterocycles. The second-order valence-corrected chi connectivity index (χ2v) is 4.88. The first-order valence-electron chi connectivity index (χ1n) is 6.32. The smallest absolute Gasteiger partial charge is 0.408 e. The maximum Gasteiger partial charge on any atom is 0.419 e. The normalized spacial score (nSPS) is 24.3. The average Bonchev–Trinajstić information content (AvgIpc) is 2.87. The largest absolute Gasteiger partial charge is 0.419 e. The number of fused-ring (bicyclic) bond motifs is 1. The van der Waals surface area contributed by atoms with Crippen LogP contribution in [-0.4, -0.2) is 51.5 Å². The molecule has 0 spiro atoms. The Hall–Kier alpha value is -1.63. The van der Waals surface area contributed by atoms with Crippen molar-refractivity contribution in [1.82, 2.24) is 9.47 Å². The van der Waals surface area contributed by atoms with Crippen molar-refractivity contribution in [2.75, 3.05) is 19.6 Å². The first-order valence-corrected chi connectivity index (χ1v) is 6.32. The third-order valence-electron chi connectivity index (χ3n) is 3.55. The third kappa shape index (κ3) is 2.30. The summed E-state index contributed by atoms with van der Waals surface area (Å²) in [5.74, 6) is -0.374. The summed E-state index contributed by atoms with van der Waals surface area (Å²) < 4.78 is 6.72. The molecule has 1 aromatic carbocycles. The molecule has 3 rings (SSSR count). The van der Waals surface area contributed by atoms with Crippen molar-refractivity contribution in [1.29, 1.82) is 0 Å². The summed E-state index contributed by atoms with van der Waals surface area (Å²) in [6, 6.07) is 7.28. The fourth-order valence-corrected chi connectivity index (χ4v) is 2.50. The zero-order valence-corrected chi connectivity index (χ0v) is 10.4. The highest BCUT2D eigenvalue weighted by molar-refractivity contribution is 5.72. The van der Waals surface area contributed by atoms with Gasteiger partial charge in [-0.3, -0.25) is 9.47 Å². The molecule has 1 aliphatic rings. The molecule has 1 aromatic heterocycles. The monoisotopic (exact) mass is 264 g/mol. The highest BCUT2D eigenvalue weighted by Crippen LogP contribution is 2.13. The highest BCUT2D eigenvalue weighted by Gasteiger charge is 2.29. The van der Waals surface area contributed by atoms with Gasteiger partial charge in [-0.1, -0.05) is 12.1 Å². The molecule has 2 aromatic rings. The molecule has 2 unspecified atom stereocenters. The van der Waals surface area contributed by atoms with E-state index in [1.165, 1.54) is 0 Å². The van der Waals surface area contributed by atoms with Crippen LogP contribution in [0.2, 0.25) is 0 Å². The molecule has 2 heterocycles. The quantitative estimate of drug-likeness (QED) is 0.791. The minimum atomic E-state index is -0.696. The molecular formula is C13H16N2O4. The molecule has 6 nitrogen and oxygen atoms in total. The van der Waals surface area contributed by atoms with Crippen LogP contribution in [0.1, 0.15) is 0 Å². The summed E-state index contributed by atoms with van der Waals surface area (Å²) in [6.45, 7) is 1.95. The van der Waals surface area contributed by atoms with Gasteiger partial charge >= 0.3 is 5.76 Å². The van der Waals surface area contributed by atoms with Crippen LogP contribution in [0.5, 0.6) is 0 Å². The lowest BCUT2D eigenvalue weighted by Crippen LogP contribution is -2.29. The minimum Gasteiger partial charge on any atom is -0.408 e. The van der Waals surface area contributed by atoms with E-state index < -0.39 is 12.2 Å². The number of hydrogen-bond donors (Lipinski definition) is 2. The van der Waals surface area contributed by atoms with Crippen molar-refractivity contribution >= 4 is 11.1 Å². The van der Waals surface area contributed by atoms with Crippen LogP contribution in [0, 0.1) is 0 Å². The van der Waals surface area contributed by atoms with E-state index in [1.807, 2.05) is 23.1 Å². The number of benzene rings is 1. The van der Waals surface area contributed by atoms with Gasteiger partial charge in [-0.25, -0.2) is 4.79 Å². The molecule has 1 aliphatic heterocycles. The summed E-state index contributed by atoms with van der Waals surface area (Å²) in [6.07, 6.45) is -1.39. The molecule has 1 fully saturated rings. The zero-order valence-electron chi connectivity index (χ0n) is 10.4. The summed E-state index contributed by atoms with van der Waals surface area (Å²) in [4.78, 5) is 13.7. The van der Waals surface area contributed by atoms with Gasteiger partial charge < -0.3 is 14.6 Å². The van der Waals surface area contributed by atoms with Crippen molar-refractivity contribution in [2.24, 2.45) is 0 Å². The number of oxazole rings is 1. The second-order valence-electron chi connectivity index (χ2n) is 4.88. The van der Waals surface area contributed by atoms with E-state index in [1.54, 1.807) is 10.6 Å². The molecule has 0 saturated carbocycles. The van der Waals surface area contributed by atoms with Gasteiger partial charge in [0.25, 0.3) is 0 Å². The van der Waals surface area contributed by atoms with Crippen molar-refractivity contribution in [3.05, 3.63) is 34.8 Å². The van der Waals surface area contributed by atoms with Gasteiger partial charge in [0, 0.05) is 26.2 Å². The number of likely N-dealkylation sites (tertiary alicyclic amines) is 1. The number of aromatic nitrogens is 1. The van der Waals surface area contributed by atoms with Gasteiger partial charge in [-0.05, 0) is 12.1 Å². The fraction of sp³-hybridized carbons (Fsp3) is 0.462. The Morgan fingerprint density at radius 3 is 2.58 bits per heavy atom. The predicted octanol–water partition coefficient (Wildman–Crippen LogP) is -0.368. The Kier molecular flexibility index (Phi) is 3.14. The topological polar surface area (TPSA) is 78.8 Å². The van der Waals surface area contributed by atoms with Crippen LogP contribution >= 0.6 is 0 Å². The predicted molar refractivity (Wildman–Crippen MR) is 68.9 cm³/mol. The Labute approximate surface area is 109 Å². The lowest BCUT2D eigenvalue weighted by molar-refractivity contribution is 0.0572. The Morgan fingerprint density at radius 2 is 1.84 bits per heavy atom. The molecule has 0 radical (unpaired) electrons. The maximum absolute atomic E-state index is 11.8.